The Labute approximate surface area is 106 Å². The lowest BCUT2D eigenvalue weighted by molar-refractivity contribution is -0.127. The Kier molecular flexibility index (Phi) is 4.61. The van der Waals surface area contributed by atoms with E-state index in [1.807, 2.05) is 0 Å². The van der Waals surface area contributed by atoms with E-state index in [9.17, 15) is 0 Å². The largest absolute Gasteiger partial charge is 0.373 e. The van der Waals surface area contributed by atoms with Crippen molar-refractivity contribution < 1.29 is 14.2 Å². The average molecular weight is 244 g/mol. The van der Waals surface area contributed by atoms with Gasteiger partial charge in [-0.25, -0.2) is 0 Å². The number of ether oxygens (including phenoxy) is 3. The molecule has 1 fully saturated rings. The van der Waals surface area contributed by atoms with Crippen molar-refractivity contribution in [2.45, 2.75) is 84.4 Å². The smallest absolute Gasteiger partial charge is 0.107 e. The second kappa shape index (κ2) is 5.25. The van der Waals surface area contributed by atoms with E-state index in [1.54, 1.807) is 0 Å². The van der Waals surface area contributed by atoms with Crippen LogP contribution in [0.1, 0.15) is 54.9 Å². The van der Waals surface area contributed by atoms with Gasteiger partial charge in [-0.05, 0) is 48.5 Å². The molecule has 0 aromatic rings. The van der Waals surface area contributed by atoms with Crippen molar-refractivity contribution in [3.8, 4) is 0 Å². The van der Waals surface area contributed by atoms with Gasteiger partial charge in [-0.15, -0.1) is 0 Å². The van der Waals surface area contributed by atoms with Crippen LogP contribution in [0.4, 0.5) is 0 Å². The van der Waals surface area contributed by atoms with Crippen LogP contribution in [0.5, 0.6) is 0 Å². The summed E-state index contributed by atoms with van der Waals surface area (Å²) in [6.07, 6.45) is 1.42. The van der Waals surface area contributed by atoms with Gasteiger partial charge >= 0.3 is 0 Å². The second-order valence-corrected chi connectivity index (χ2v) is 6.91. The molecule has 0 saturated carbocycles. The van der Waals surface area contributed by atoms with Gasteiger partial charge in [-0.1, -0.05) is 0 Å². The van der Waals surface area contributed by atoms with Crippen LogP contribution in [0, 0.1) is 0 Å². The lowest BCUT2D eigenvalue weighted by atomic mass is 10.1. The molecular weight excluding hydrogens is 216 g/mol. The van der Waals surface area contributed by atoms with Gasteiger partial charge in [0.05, 0.1) is 30.0 Å². The van der Waals surface area contributed by atoms with Crippen molar-refractivity contribution in [3.05, 3.63) is 0 Å². The van der Waals surface area contributed by atoms with Crippen molar-refractivity contribution in [1.82, 2.24) is 0 Å². The van der Waals surface area contributed by atoms with Crippen LogP contribution in [-0.2, 0) is 14.2 Å². The molecule has 1 aliphatic rings. The van der Waals surface area contributed by atoms with Crippen molar-refractivity contribution in [3.63, 3.8) is 0 Å². The maximum absolute atomic E-state index is 6.04. The molecule has 102 valence electrons. The van der Waals surface area contributed by atoms with Crippen molar-refractivity contribution in [2.24, 2.45) is 0 Å². The Bertz CT molecular complexity index is 237. The highest BCUT2D eigenvalue weighted by molar-refractivity contribution is 4.84. The minimum absolute atomic E-state index is 0.0587. The summed E-state index contributed by atoms with van der Waals surface area (Å²) in [5, 5.41) is 0. The fraction of sp³-hybridized carbons (Fsp3) is 1.00. The topological polar surface area (TPSA) is 27.7 Å². The lowest BCUT2D eigenvalue weighted by Gasteiger charge is -2.29. The summed E-state index contributed by atoms with van der Waals surface area (Å²) in [5.74, 6) is 0. The van der Waals surface area contributed by atoms with Crippen LogP contribution in [0.2, 0.25) is 0 Å². The van der Waals surface area contributed by atoms with Gasteiger partial charge in [0, 0.05) is 6.42 Å². The minimum Gasteiger partial charge on any atom is -0.373 e. The summed E-state index contributed by atoms with van der Waals surface area (Å²) < 4.78 is 17.7. The van der Waals surface area contributed by atoms with E-state index in [4.69, 9.17) is 14.2 Å². The van der Waals surface area contributed by atoms with Gasteiger partial charge in [-0.2, -0.15) is 0 Å². The molecule has 0 amide bonds. The first-order chi connectivity index (χ1) is 7.57. The number of hydrogen-bond donors (Lipinski definition) is 0. The molecule has 0 radical (unpaired) electrons. The Balaban J connectivity index is 2.51. The molecule has 17 heavy (non-hydrogen) atoms. The van der Waals surface area contributed by atoms with Gasteiger partial charge in [0.2, 0.25) is 0 Å². The molecule has 0 bridgehead atoms. The third-order valence-corrected chi connectivity index (χ3v) is 2.57. The highest BCUT2D eigenvalue weighted by atomic mass is 16.6. The standard InChI is InChI=1S/C14H28O3/c1-10-8-11(17-14(5,6)7)12(16-10)9-15-13(2,3)4/h10-12H,8-9H2,1-7H3/t10?,11-,12+/m0/s1. The summed E-state index contributed by atoms with van der Waals surface area (Å²) in [7, 11) is 0. The normalized spacial score (nSPS) is 30.9. The molecule has 3 atom stereocenters. The van der Waals surface area contributed by atoms with Crippen LogP contribution < -0.4 is 0 Å². The molecule has 0 aromatic heterocycles. The van der Waals surface area contributed by atoms with Gasteiger partial charge in [0.15, 0.2) is 0 Å². The molecule has 0 aromatic carbocycles. The molecular formula is C14H28O3. The summed E-state index contributed by atoms with van der Waals surface area (Å²) in [5.41, 5.74) is -0.250. The van der Waals surface area contributed by atoms with Crippen LogP contribution in [0.15, 0.2) is 0 Å². The van der Waals surface area contributed by atoms with E-state index >= 15 is 0 Å². The molecule has 0 spiro atoms. The van der Waals surface area contributed by atoms with Crippen molar-refractivity contribution in [2.75, 3.05) is 6.61 Å². The van der Waals surface area contributed by atoms with E-state index in [1.165, 1.54) is 0 Å². The first kappa shape index (κ1) is 14.9. The highest BCUT2D eigenvalue weighted by Crippen LogP contribution is 2.28. The zero-order valence-corrected chi connectivity index (χ0v) is 12.4. The summed E-state index contributed by atoms with van der Waals surface area (Å²) in [4.78, 5) is 0. The quantitative estimate of drug-likeness (QED) is 0.763. The van der Waals surface area contributed by atoms with Gasteiger partial charge < -0.3 is 14.2 Å². The molecule has 0 aliphatic carbocycles. The highest BCUT2D eigenvalue weighted by Gasteiger charge is 2.37. The molecule has 3 nitrogen and oxygen atoms in total. The van der Waals surface area contributed by atoms with E-state index in [2.05, 4.69) is 48.5 Å². The second-order valence-electron chi connectivity index (χ2n) is 6.91. The van der Waals surface area contributed by atoms with Gasteiger partial charge in [0.1, 0.15) is 6.10 Å². The van der Waals surface area contributed by atoms with Crippen molar-refractivity contribution in [1.29, 1.82) is 0 Å². The molecule has 1 unspecified atom stereocenters. The number of rotatable bonds is 3. The maximum atomic E-state index is 6.04. The van der Waals surface area contributed by atoms with E-state index in [0.29, 0.717) is 6.61 Å². The Morgan fingerprint density at radius 3 is 2.12 bits per heavy atom. The zero-order chi connectivity index (χ0) is 13.3. The summed E-state index contributed by atoms with van der Waals surface area (Å²) in [6.45, 7) is 15.1. The fourth-order valence-electron chi connectivity index (χ4n) is 1.98. The summed E-state index contributed by atoms with van der Waals surface area (Å²) in [6, 6.07) is 0. The average Bonchev–Trinajstić information content (AvgIpc) is 2.38. The van der Waals surface area contributed by atoms with Crippen LogP contribution in [0.3, 0.4) is 0 Å². The first-order valence-corrected chi connectivity index (χ1v) is 6.54. The van der Waals surface area contributed by atoms with Crippen LogP contribution in [-0.4, -0.2) is 36.1 Å². The predicted octanol–water partition coefficient (Wildman–Crippen LogP) is 3.16. The predicted molar refractivity (Wildman–Crippen MR) is 69.3 cm³/mol. The fourth-order valence-corrected chi connectivity index (χ4v) is 1.98. The van der Waals surface area contributed by atoms with Crippen LogP contribution in [0.25, 0.3) is 0 Å². The van der Waals surface area contributed by atoms with E-state index < -0.39 is 0 Å². The van der Waals surface area contributed by atoms with Crippen molar-refractivity contribution >= 4 is 0 Å². The third kappa shape index (κ3) is 5.84. The van der Waals surface area contributed by atoms with Gasteiger partial charge in [-0.3, -0.25) is 0 Å². The third-order valence-electron chi connectivity index (χ3n) is 2.57. The SMILES string of the molecule is CC1C[C@H](OC(C)(C)C)[C@@H](COC(C)(C)C)O1. The van der Waals surface area contributed by atoms with E-state index in [-0.39, 0.29) is 29.5 Å². The number of hydrogen-bond acceptors (Lipinski definition) is 3. The van der Waals surface area contributed by atoms with E-state index in [0.717, 1.165) is 6.42 Å². The molecule has 1 aliphatic heterocycles. The minimum atomic E-state index is -0.127. The molecule has 3 heteroatoms. The summed E-state index contributed by atoms with van der Waals surface area (Å²) >= 11 is 0. The first-order valence-electron chi connectivity index (χ1n) is 6.54. The monoisotopic (exact) mass is 244 g/mol. The molecule has 1 saturated heterocycles. The Morgan fingerprint density at radius 2 is 1.65 bits per heavy atom. The zero-order valence-electron chi connectivity index (χ0n) is 12.4. The Hall–Kier alpha value is -0.120. The lowest BCUT2D eigenvalue weighted by Crippen LogP contribution is -2.37. The molecule has 1 heterocycles. The molecule has 0 N–H and O–H groups in total. The van der Waals surface area contributed by atoms with Gasteiger partial charge in [0.25, 0.3) is 0 Å². The van der Waals surface area contributed by atoms with Crippen LogP contribution >= 0.6 is 0 Å². The molecule has 1 rings (SSSR count). The Morgan fingerprint density at radius 1 is 1.06 bits per heavy atom. The maximum Gasteiger partial charge on any atom is 0.107 e.